The smallest absolute Gasteiger partial charge is 0.326 e. The number of carbonyl (C=O) groups is 2. The van der Waals surface area contributed by atoms with Crippen molar-refractivity contribution in [2.75, 3.05) is 6.54 Å². The lowest BCUT2D eigenvalue weighted by atomic mass is 10.1. The van der Waals surface area contributed by atoms with Gasteiger partial charge in [-0.2, -0.15) is 0 Å². The van der Waals surface area contributed by atoms with Gasteiger partial charge < -0.3 is 10.0 Å². The minimum absolute atomic E-state index is 0.146. The molecule has 0 aliphatic carbocycles. The van der Waals surface area contributed by atoms with Gasteiger partial charge in [0.25, 0.3) is 5.91 Å². The highest BCUT2D eigenvalue weighted by Gasteiger charge is 2.34. The molecule has 1 atom stereocenters. The SMILES string of the molecule is O=C(O)[C@@H]1CCCN1C(=O)c1ccc(F)c(Cl)c1. The van der Waals surface area contributed by atoms with Crippen molar-refractivity contribution in [3.05, 3.63) is 34.6 Å². The van der Waals surface area contributed by atoms with E-state index in [-0.39, 0.29) is 10.6 Å². The second-order valence-electron chi connectivity index (χ2n) is 4.12. The highest BCUT2D eigenvalue weighted by atomic mass is 35.5. The molecule has 0 saturated carbocycles. The third-order valence-corrected chi connectivity index (χ3v) is 3.25. The second-order valence-corrected chi connectivity index (χ2v) is 4.53. The van der Waals surface area contributed by atoms with Crippen LogP contribution in [0.3, 0.4) is 0 Å². The minimum atomic E-state index is -1.02. The molecule has 1 aromatic carbocycles. The number of likely N-dealkylation sites (tertiary alicyclic amines) is 1. The first-order valence-electron chi connectivity index (χ1n) is 5.49. The molecule has 1 fully saturated rings. The van der Waals surface area contributed by atoms with Crippen LogP contribution in [0.25, 0.3) is 0 Å². The van der Waals surface area contributed by atoms with Crippen LogP contribution < -0.4 is 0 Å². The number of nitrogens with zero attached hydrogens (tertiary/aromatic N) is 1. The van der Waals surface area contributed by atoms with Gasteiger partial charge in [0, 0.05) is 12.1 Å². The van der Waals surface area contributed by atoms with Crippen LogP contribution in [0.4, 0.5) is 4.39 Å². The average molecular weight is 272 g/mol. The lowest BCUT2D eigenvalue weighted by molar-refractivity contribution is -0.141. The van der Waals surface area contributed by atoms with Gasteiger partial charge >= 0.3 is 5.97 Å². The summed E-state index contributed by atoms with van der Waals surface area (Å²) >= 11 is 5.60. The number of rotatable bonds is 2. The van der Waals surface area contributed by atoms with Crippen LogP contribution in [0.1, 0.15) is 23.2 Å². The van der Waals surface area contributed by atoms with E-state index in [0.717, 1.165) is 6.07 Å². The van der Waals surface area contributed by atoms with Crippen molar-refractivity contribution < 1.29 is 19.1 Å². The van der Waals surface area contributed by atoms with Crippen molar-refractivity contribution in [2.45, 2.75) is 18.9 Å². The zero-order valence-corrected chi connectivity index (χ0v) is 10.2. The van der Waals surface area contributed by atoms with Crippen molar-refractivity contribution >= 4 is 23.5 Å². The minimum Gasteiger partial charge on any atom is -0.480 e. The number of carboxylic acid groups (broad SMARTS) is 1. The van der Waals surface area contributed by atoms with Gasteiger partial charge in [-0.1, -0.05) is 11.6 Å². The fourth-order valence-corrected chi connectivity index (χ4v) is 2.24. The summed E-state index contributed by atoms with van der Waals surface area (Å²) in [5, 5.41) is 8.85. The van der Waals surface area contributed by atoms with Crippen LogP contribution in [0.2, 0.25) is 5.02 Å². The van der Waals surface area contributed by atoms with Gasteiger partial charge in [0.2, 0.25) is 0 Å². The highest BCUT2D eigenvalue weighted by Crippen LogP contribution is 2.22. The molecule has 0 bridgehead atoms. The summed E-state index contributed by atoms with van der Waals surface area (Å²) in [6.45, 7) is 0.394. The molecule has 96 valence electrons. The molecule has 1 saturated heterocycles. The highest BCUT2D eigenvalue weighted by molar-refractivity contribution is 6.31. The summed E-state index contributed by atoms with van der Waals surface area (Å²) in [6.07, 6.45) is 1.09. The van der Waals surface area contributed by atoms with Crippen LogP contribution in [-0.4, -0.2) is 34.5 Å². The normalized spacial score (nSPS) is 19.0. The van der Waals surface area contributed by atoms with Crippen LogP contribution >= 0.6 is 11.6 Å². The van der Waals surface area contributed by atoms with Gasteiger partial charge in [-0.3, -0.25) is 4.79 Å². The molecular weight excluding hydrogens is 261 g/mol. The Labute approximate surface area is 108 Å². The molecule has 18 heavy (non-hydrogen) atoms. The lowest BCUT2D eigenvalue weighted by Gasteiger charge is -2.21. The molecule has 1 amide bonds. The first kappa shape index (κ1) is 12.8. The van der Waals surface area contributed by atoms with E-state index in [1.165, 1.54) is 17.0 Å². The third-order valence-electron chi connectivity index (χ3n) is 2.97. The first-order valence-corrected chi connectivity index (χ1v) is 5.87. The maximum atomic E-state index is 13.0. The van der Waals surface area contributed by atoms with Gasteiger partial charge in [-0.15, -0.1) is 0 Å². The molecule has 1 aliphatic heterocycles. The van der Waals surface area contributed by atoms with E-state index >= 15 is 0 Å². The second kappa shape index (κ2) is 4.94. The van der Waals surface area contributed by atoms with Crippen LogP contribution in [0.5, 0.6) is 0 Å². The van der Waals surface area contributed by atoms with E-state index in [1.807, 2.05) is 0 Å². The molecule has 4 nitrogen and oxygen atoms in total. The number of halogens is 2. The maximum absolute atomic E-state index is 13.0. The zero-order valence-electron chi connectivity index (χ0n) is 9.40. The molecule has 1 N–H and O–H groups in total. The summed E-state index contributed by atoms with van der Waals surface area (Å²) in [5.74, 6) is -2.06. The topological polar surface area (TPSA) is 57.6 Å². The zero-order chi connectivity index (χ0) is 13.3. The number of amides is 1. The Bertz CT molecular complexity index is 506. The number of hydrogen-bond acceptors (Lipinski definition) is 2. The van der Waals surface area contributed by atoms with Crippen LogP contribution in [0, 0.1) is 5.82 Å². The van der Waals surface area contributed by atoms with Crippen LogP contribution in [-0.2, 0) is 4.79 Å². The summed E-state index contributed by atoms with van der Waals surface area (Å²) in [5.41, 5.74) is 0.203. The Kier molecular flexibility index (Phi) is 3.52. The Morgan fingerprint density at radius 3 is 2.78 bits per heavy atom. The van der Waals surface area contributed by atoms with Crippen molar-refractivity contribution in [3.8, 4) is 0 Å². The number of benzene rings is 1. The Balaban J connectivity index is 2.25. The number of aliphatic carboxylic acids is 1. The maximum Gasteiger partial charge on any atom is 0.326 e. The van der Waals surface area contributed by atoms with Gasteiger partial charge in [0.15, 0.2) is 0 Å². The van der Waals surface area contributed by atoms with Gasteiger partial charge in [0.1, 0.15) is 11.9 Å². The summed E-state index contributed by atoms with van der Waals surface area (Å²) < 4.78 is 13.0. The third kappa shape index (κ3) is 2.31. The van der Waals surface area contributed by atoms with E-state index in [4.69, 9.17) is 16.7 Å². The quantitative estimate of drug-likeness (QED) is 0.897. The fraction of sp³-hybridized carbons (Fsp3) is 0.333. The predicted molar refractivity (Wildman–Crippen MR) is 63.1 cm³/mol. The fourth-order valence-electron chi connectivity index (χ4n) is 2.06. The number of hydrogen-bond donors (Lipinski definition) is 1. The molecule has 0 radical (unpaired) electrons. The Morgan fingerprint density at radius 1 is 1.44 bits per heavy atom. The van der Waals surface area contributed by atoms with Crippen molar-refractivity contribution in [3.63, 3.8) is 0 Å². The monoisotopic (exact) mass is 271 g/mol. The van der Waals surface area contributed by atoms with Crippen LogP contribution in [0.15, 0.2) is 18.2 Å². The van der Waals surface area contributed by atoms with Gasteiger partial charge in [-0.25, -0.2) is 9.18 Å². The molecule has 0 aromatic heterocycles. The predicted octanol–water partition coefficient (Wildman–Crippen LogP) is 2.17. The molecule has 1 aromatic rings. The number of carbonyl (C=O) groups excluding carboxylic acids is 1. The lowest BCUT2D eigenvalue weighted by Crippen LogP contribution is -2.40. The average Bonchev–Trinajstić information content (AvgIpc) is 2.81. The molecular formula is C12H11ClFNO3. The summed E-state index contributed by atoms with van der Waals surface area (Å²) in [4.78, 5) is 24.4. The van der Waals surface area contributed by atoms with E-state index in [0.29, 0.717) is 19.4 Å². The standard InChI is InChI=1S/C12H11ClFNO3/c13-8-6-7(3-4-9(8)14)11(16)15-5-1-2-10(15)12(17)18/h3-4,6,10H,1-2,5H2,(H,17,18)/t10-/m0/s1. The molecule has 2 rings (SSSR count). The van der Waals surface area contributed by atoms with Gasteiger partial charge in [-0.05, 0) is 31.0 Å². The molecule has 1 aliphatic rings. The number of carboxylic acids is 1. The Morgan fingerprint density at radius 2 is 2.17 bits per heavy atom. The molecule has 0 spiro atoms. The van der Waals surface area contributed by atoms with Crippen molar-refractivity contribution in [2.24, 2.45) is 0 Å². The molecule has 1 heterocycles. The first-order chi connectivity index (χ1) is 8.50. The summed E-state index contributed by atoms with van der Waals surface area (Å²) in [6, 6.07) is 2.82. The van der Waals surface area contributed by atoms with Crippen molar-refractivity contribution in [1.29, 1.82) is 0 Å². The van der Waals surface area contributed by atoms with E-state index < -0.39 is 23.7 Å². The van der Waals surface area contributed by atoms with Crippen molar-refractivity contribution in [1.82, 2.24) is 4.90 Å². The molecule has 6 heteroatoms. The summed E-state index contributed by atoms with van der Waals surface area (Å²) in [7, 11) is 0. The Hall–Kier alpha value is -1.62. The van der Waals surface area contributed by atoms with E-state index in [2.05, 4.69) is 0 Å². The van der Waals surface area contributed by atoms with Gasteiger partial charge in [0.05, 0.1) is 5.02 Å². The largest absolute Gasteiger partial charge is 0.480 e. The van der Waals surface area contributed by atoms with E-state index in [1.54, 1.807) is 0 Å². The molecule has 0 unspecified atom stereocenters. The van der Waals surface area contributed by atoms with E-state index in [9.17, 15) is 14.0 Å².